The zero-order valence-electron chi connectivity index (χ0n) is 9.73. The third-order valence-corrected chi connectivity index (χ3v) is 2.23. The Hall–Kier alpha value is -1.65. The molecular formula is C11H16N2O3. The molecule has 5 nitrogen and oxygen atoms in total. The van der Waals surface area contributed by atoms with Gasteiger partial charge in [-0.2, -0.15) is 0 Å². The first-order valence-electron chi connectivity index (χ1n) is 5.29. The van der Waals surface area contributed by atoms with Gasteiger partial charge in [0.1, 0.15) is 5.56 Å². The smallest absolute Gasteiger partial charge is 0.343 e. The van der Waals surface area contributed by atoms with Crippen LogP contribution in [0, 0.1) is 5.92 Å². The van der Waals surface area contributed by atoms with Crippen LogP contribution in [-0.4, -0.2) is 20.6 Å². The maximum absolute atomic E-state index is 11.9. The molecule has 0 fully saturated rings. The van der Waals surface area contributed by atoms with E-state index in [4.69, 9.17) is 5.11 Å². The van der Waals surface area contributed by atoms with Crippen LogP contribution in [0.1, 0.15) is 36.8 Å². The van der Waals surface area contributed by atoms with E-state index in [0.717, 1.165) is 0 Å². The van der Waals surface area contributed by atoms with Crippen LogP contribution in [-0.2, 0) is 13.0 Å². The molecule has 16 heavy (non-hydrogen) atoms. The van der Waals surface area contributed by atoms with Crippen LogP contribution in [0.2, 0.25) is 0 Å². The van der Waals surface area contributed by atoms with Gasteiger partial charge in [0.2, 0.25) is 0 Å². The fourth-order valence-electron chi connectivity index (χ4n) is 1.53. The average molecular weight is 224 g/mol. The van der Waals surface area contributed by atoms with Gasteiger partial charge in [-0.15, -0.1) is 0 Å². The van der Waals surface area contributed by atoms with Gasteiger partial charge in [-0.05, 0) is 12.3 Å². The molecule has 5 heteroatoms. The van der Waals surface area contributed by atoms with Crippen molar-refractivity contribution < 1.29 is 9.90 Å². The standard InChI is InChI=1S/C11H16N2O3/c1-4-8-9(11(15)16)10(14)13(6-12-8)5-7(2)3/h6-7H,4-5H2,1-3H3,(H,15,16). The van der Waals surface area contributed by atoms with Gasteiger partial charge < -0.3 is 5.11 Å². The number of aryl methyl sites for hydroxylation is 1. The van der Waals surface area contributed by atoms with Crippen molar-refractivity contribution in [3.8, 4) is 0 Å². The summed E-state index contributed by atoms with van der Waals surface area (Å²) >= 11 is 0. The quantitative estimate of drug-likeness (QED) is 0.833. The molecule has 0 bridgehead atoms. The van der Waals surface area contributed by atoms with E-state index < -0.39 is 11.5 Å². The van der Waals surface area contributed by atoms with Gasteiger partial charge in [-0.25, -0.2) is 9.78 Å². The van der Waals surface area contributed by atoms with Crippen LogP contribution in [0.5, 0.6) is 0 Å². The maximum Gasteiger partial charge on any atom is 0.343 e. The van der Waals surface area contributed by atoms with E-state index in [1.54, 1.807) is 6.92 Å². The zero-order valence-corrected chi connectivity index (χ0v) is 9.73. The highest BCUT2D eigenvalue weighted by molar-refractivity contribution is 5.88. The second-order valence-corrected chi connectivity index (χ2v) is 4.08. The van der Waals surface area contributed by atoms with Crippen molar-refractivity contribution in [3.63, 3.8) is 0 Å². The number of hydrogen-bond donors (Lipinski definition) is 1. The topological polar surface area (TPSA) is 72.2 Å². The molecule has 88 valence electrons. The molecule has 0 saturated carbocycles. The summed E-state index contributed by atoms with van der Waals surface area (Å²) in [5, 5.41) is 8.98. The van der Waals surface area contributed by atoms with E-state index in [2.05, 4.69) is 4.98 Å². The van der Waals surface area contributed by atoms with Crippen molar-refractivity contribution in [2.24, 2.45) is 5.92 Å². The first-order valence-corrected chi connectivity index (χ1v) is 5.29. The minimum atomic E-state index is -1.20. The minimum Gasteiger partial charge on any atom is -0.477 e. The largest absolute Gasteiger partial charge is 0.477 e. The van der Waals surface area contributed by atoms with Crippen molar-refractivity contribution in [2.75, 3.05) is 0 Å². The Morgan fingerprint density at radius 3 is 2.62 bits per heavy atom. The predicted octanol–water partition coefficient (Wildman–Crippen LogP) is 1.16. The van der Waals surface area contributed by atoms with Crippen LogP contribution in [0.3, 0.4) is 0 Å². The normalized spacial score (nSPS) is 10.8. The van der Waals surface area contributed by atoms with E-state index in [1.807, 2.05) is 13.8 Å². The number of hydrogen-bond acceptors (Lipinski definition) is 3. The molecule has 0 atom stereocenters. The van der Waals surface area contributed by atoms with Gasteiger partial charge in [-0.3, -0.25) is 9.36 Å². The Balaban J connectivity index is 3.32. The molecular weight excluding hydrogens is 208 g/mol. The molecule has 0 radical (unpaired) electrons. The van der Waals surface area contributed by atoms with Crippen LogP contribution in [0.15, 0.2) is 11.1 Å². The fourth-order valence-corrected chi connectivity index (χ4v) is 1.53. The Morgan fingerprint density at radius 2 is 2.19 bits per heavy atom. The van der Waals surface area contributed by atoms with Gasteiger partial charge in [0.15, 0.2) is 0 Å². The van der Waals surface area contributed by atoms with Gasteiger partial charge in [0, 0.05) is 6.54 Å². The van der Waals surface area contributed by atoms with Gasteiger partial charge in [0.25, 0.3) is 5.56 Å². The average Bonchev–Trinajstić information content (AvgIpc) is 2.19. The second-order valence-electron chi connectivity index (χ2n) is 4.08. The van der Waals surface area contributed by atoms with E-state index >= 15 is 0 Å². The molecule has 1 rings (SSSR count). The lowest BCUT2D eigenvalue weighted by molar-refractivity contribution is 0.0692. The van der Waals surface area contributed by atoms with Crippen molar-refractivity contribution >= 4 is 5.97 Å². The summed E-state index contributed by atoms with van der Waals surface area (Å²) in [7, 11) is 0. The van der Waals surface area contributed by atoms with Gasteiger partial charge >= 0.3 is 5.97 Å². The molecule has 0 saturated heterocycles. The Morgan fingerprint density at radius 1 is 1.56 bits per heavy atom. The Bertz CT molecular complexity index is 449. The lowest BCUT2D eigenvalue weighted by atomic mass is 10.1. The molecule has 0 aromatic carbocycles. The zero-order chi connectivity index (χ0) is 12.3. The third-order valence-electron chi connectivity index (χ3n) is 2.23. The number of rotatable bonds is 4. The first-order chi connectivity index (χ1) is 7.47. The molecule has 1 N–H and O–H groups in total. The van der Waals surface area contributed by atoms with Crippen LogP contribution in [0.4, 0.5) is 0 Å². The Labute approximate surface area is 93.8 Å². The van der Waals surface area contributed by atoms with Gasteiger partial charge in [-0.1, -0.05) is 20.8 Å². The maximum atomic E-state index is 11.9. The highest BCUT2D eigenvalue weighted by atomic mass is 16.4. The number of carboxylic acid groups (broad SMARTS) is 1. The second kappa shape index (κ2) is 4.92. The van der Waals surface area contributed by atoms with Crippen molar-refractivity contribution in [3.05, 3.63) is 27.9 Å². The van der Waals surface area contributed by atoms with E-state index in [-0.39, 0.29) is 11.5 Å². The summed E-state index contributed by atoms with van der Waals surface area (Å²) in [5.74, 6) is -0.930. The fraction of sp³-hybridized carbons (Fsp3) is 0.545. The van der Waals surface area contributed by atoms with Crippen molar-refractivity contribution in [1.82, 2.24) is 9.55 Å². The summed E-state index contributed by atoms with van der Waals surface area (Å²) in [6, 6.07) is 0. The molecule has 0 amide bonds. The SMILES string of the molecule is CCc1ncn(CC(C)C)c(=O)c1C(=O)O. The molecule has 0 aliphatic carbocycles. The summed E-state index contributed by atoms with van der Waals surface area (Å²) in [5.41, 5.74) is -0.323. The van der Waals surface area contributed by atoms with Crippen molar-refractivity contribution in [1.29, 1.82) is 0 Å². The lowest BCUT2D eigenvalue weighted by Gasteiger charge is -2.10. The van der Waals surface area contributed by atoms with Crippen LogP contribution >= 0.6 is 0 Å². The summed E-state index contributed by atoms with van der Waals surface area (Å²) in [6.07, 6.45) is 1.87. The number of carbonyl (C=O) groups is 1. The van der Waals surface area contributed by atoms with E-state index in [0.29, 0.717) is 18.7 Å². The Kier molecular flexibility index (Phi) is 3.82. The first kappa shape index (κ1) is 12.4. The molecule has 1 aromatic rings. The van der Waals surface area contributed by atoms with E-state index in [1.165, 1.54) is 10.9 Å². The third kappa shape index (κ3) is 2.48. The highest BCUT2D eigenvalue weighted by Gasteiger charge is 2.17. The molecule has 1 aromatic heterocycles. The number of carboxylic acids is 1. The number of aromatic carboxylic acids is 1. The summed E-state index contributed by atoms with van der Waals surface area (Å²) in [6.45, 7) is 6.18. The number of aromatic nitrogens is 2. The van der Waals surface area contributed by atoms with Gasteiger partial charge in [0.05, 0.1) is 12.0 Å². The molecule has 0 spiro atoms. The number of nitrogens with zero attached hydrogens (tertiary/aromatic N) is 2. The summed E-state index contributed by atoms with van der Waals surface area (Å²) in [4.78, 5) is 26.9. The molecule has 0 aliphatic heterocycles. The van der Waals surface area contributed by atoms with Crippen LogP contribution < -0.4 is 5.56 Å². The molecule has 1 heterocycles. The minimum absolute atomic E-state index is 0.203. The lowest BCUT2D eigenvalue weighted by Crippen LogP contribution is -2.30. The highest BCUT2D eigenvalue weighted by Crippen LogP contribution is 2.03. The van der Waals surface area contributed by atoms with Crippen LogP contribution in [0.25, 0.3) is 0 Å². The van der Waals surface area contributed by atoms with Crippen molar-refractivity contribution in [2.45, 2.75) is 33.7 Å². The van der Waals surface area contributed by atoms with E-state index in [9.17, 15) is 9.59 Å². The molecule has 0 unspecified atom stereocenters. The molecule has 0 aliphatic rings. The predicted molar refractivity (Wildman–Crippen MR) is 59.7 cm³/mol. The summed E-state index contributed by atoms with van der Waals surface area (Å²) < 4.78 is 1.35. The monoisotopic (exact) mass is 224 g/mol.